The number of nitriles is 1. The number of hydrazone groups is 1. The van der Waals surface area contributed by atoms with Gasteiger partial charge in [-0.25, -0.2) is 5.01 Å². The van der Waals surface area contributed by atoms with Crippen LogP contribution in [0.4, 0.5) is 0 Å². The molecule has 28 heavy (non-hydrogen) atoms. The van der Waals surface area contributed by atoms with E-state index < -0.39 is 0 Å². The van der Waals surface area contributed by atoms with Gasteiger partial charge in [0.25, 0.3) is 0 Å². The molecule has 0 aromatic heterocycles. The molecule has 0 bridgehead atoms. The molecule has 6 nitrogen and oxygen atoms in total. The van der Waals surface area contributed by atoms with Gasteiger partial charge in [0.05, 0.1) is 23.9 Å². The standard InChI is InChI=1S/C22H22N4O2/c1-25(16-18-9-7-17(15-23)8-10-18)21(27)11-12-22(28)26-14-13-20(24-26)19-5-3-2-4-6-19/h2-10H,11-14,16H2,1H3. The Morgan fingerprint density at radius 3 is 2.50 bits per heavy atom. The van der Waals surface area contributed by atoms with Crippen molar-refractivity contribution in [2.45, 2.75) is 25.8 Å². The van der Waals surface area contributed by atoms with Crippen molar-refractivity contribution < 1.29 is 9.59 Å². The topological polar surface area (TPSA) is 76.8 Å². The van der Waals surface area contributed by atoms with Gasteiger partial charge in [0.2, 0.25) is 11.8 Å². The number of rotatable bonds is 6. The molecule has 6 heteroatoms. The van der Waals surface area contributed by atoms with Crippen LogP contribution in [-0.2, 0) is 16.1 Å². The zero-order chi connectivity index (χ0) is 19.9. The van der Waals surface area contributed by atoms with E-state index in [-0.39, 0.29) is 24.7 Å². The molecular formula is C22H22N4O2. The van der Waals surface area contributed by atoms with Gasteiger partial charge in [-0.2, -0.15) is 10.4 Å². The van der Waals surface area contributed by atoms with Crippen LogP contribution >= 0.6 is 0 Å². The summed E-state index contributed by atoms with van der Waals surface area (Å²) in [7, 11) is 1.71. The van der Waals surface area contributed by atoms with Gasteiger partial charge >= 0.3 is 0 Å². The third-order valence-electron chi connectivity index (χ3n) is 4.68. The van der Waals surface area contributed by atoms with Gasteiger partial charge in [-0.15, -0.1) is 0 Å². The van der Waals surface area contributed by atoms with Gasteiger partial charge in [-0.05, 0) is 23.3 Å². The molecule has 0 saturated heterocycles. The lowest BCUT2D eigenvalue weighted by Gasteiger charge is -2.18. The molecule has 2 aromatic rings. The second-order valence-corrected chi connectivity index (χ2v) is 6.74. The second-order valence-electron chi connectivity index (χ2n) is 6.74. The van der Waals surface area contributed by atoms with Crippen LogP contribution in [0.5, 0.6) is 0 Å². The lowest BCUT2D eigenvalue weighted by molar-refractivity contribution is -0.136. The third-order valence-corrected chi connectivity index (χ3v) is 4.68. The van der Waals surface area contributed by atoms with Crippen molar-refractivity contribution in [1.82, 2.24) is 9.91 Å². The molecule has 3 rings (SSSR count). The van der Waals surface area contributed by atoms with Crippen molar-refractivity contribution in [3.8, 4) is 6.07 Å². The van der Waals surface area contributed by atoms with Gasteiger partial charge in [-0.3, -0.25) is 9.59 Å². The Morgan fingerprint density at radius 1 is 1.11 bits per heavy atom. The van der Waals surface area contributed by atoms with Crippen molar-refractivity contribution >= 4 is 17.5 Å². The van der Waals surface area contributed by atoms with Crippen LogP contribution in [0.2, 0.25) is 0 Å². The highest BCUT2D eigenvalue weighted by molar-refractivity contribution is 6.02. The number of carbonyl (C=O) groups is 2. The first-order chi connectivity index (χ1) is 13.6. The fourth-order valence-electron chi connectivity index (χ4n) is 3.05. The number of nitrogens with zero attached hydrogens (tertiary/aromatic N) is 4. The molecule has 1 heterocycles. The summed E-state index contributed by atoms with van der Waals surface area (Å²) in [5, 5.41) is 14.7. The van der Waals surface area contributed by atoms with E-state index in [0.29, 0.717) is 18.7 Å². The molecule has 0 saturated carbocycles. The lowest BCUT2D eigenvalue weighted by Crippen LogP contribution is -2.29. The first-order valence-electron chi connectivity index (χ1n) is 9.23. The maximum atomic E-state index is 12.4. The van der Waals surface area contributed by atoms with Crippen LogP contribution in [0.3, 0.4) is 0 Å². The molecule has 0 aliphatic carbocycles. The molecule has 0 radical (unpaired) electrons. The maximum Gasteiger partial charge on any atom is 0.243 e. The Hall–Kier alpha value is -3.46. The Balaban J connectivity index is 1.49. The fourth-order valence-corrected chi connectivity index (χ4v) is 3.05. The van der Waals surface area contributed by atoms with Gasteiger partial charge in [-0.1, -0.05) is 42.5 Å². The number of benzene rings is 2. The van der Waals surface area contributed by atoms with E-state index in [1.165, 1.54) is 5.01 Å². The molecule has 0 spiro atoms. The first-order valence-corrected chi connectivity index (χ1v) is 9.23. The number of hydrogen-bond donors (Lipinski definition) is 0. The summed E-state index contributed by atoms with van der Waals surface area (Å²) in [6.07, 6.45) is 1.02. The maximum absolute atomic E-state index is 12.4. The van der Waals surface area contributed by atoms with Gasteiger partial charge < -0.3 is 4.90 Å². The summed E-state index contributed by atoms with van der Waals surface area (Å²) in [5.74, 6) is -0.227. The average Bonchev–Trinajstić information content (AvgIpc) is 3.23. The molecule has 2 amide bonds. The van der Waals surface area contributed by atoms with E-state index in [1.807, 2.05) is 42.5 Å². The number of carbonyl (C=O) groups excluding carboxylic acids is 2. The average molecular weight is 374 g/mol. The molecule has 0 atom stereocenters. The summed E-state index contributed by atoms with van der Waals surface area (Å²) < 4.78 is 0. The SMILES string of the molecule is CN(Cc1ccc(C#N)cc1)C(=O)CCC(=O)N1CCC(c2ccccc2)=N1. The van der Waals surface area contributed by atoms with E-state index in [1.54, 1.807) is 24.1 Å². The Kier molecular flexibility index (Phi) is 6.18. The molecule has 142 valence electrons. The fraction of sp³-hybridized carbons (Fsp3) is 0.273. The minimum Gasteiger partial charge on any atom is -0.341 e. The van der Waals surface area contributed by atoms with Crippen LogP contribution < -0.4 is 0 Å². The van der Waals surface area contributed by atoms with Crippen molar-refractivity contribution in [1.29, 1.82) is 5.26 Å². The van der Waals surface area contributed by atoms with Crippen molar-refractivity contribution in [2.24, 2.45) is 5.10 Å². The molecule has 0 N–H and O–H groups in total. The summed E-state index contributed by atoms with van der Waals surface area (Å²) >= 11 is 0. The van der Waals surface area contributed by atoms with Gasteiger partial charge in [0, 0.05) is 32.9 Å². The van der Waals surface area contributed by atoms with Crippen molar-refractivity contribution in [2.75, 3.05) is 13.6 Å². The third kappa shape index (κ3) is 4.83. The Morgan fingerprint density at radius 2 is 1.82 bits per heavy atom. The minimum absolute atomic E-state index is 0.0934. The van der Waals surface area contributed by atoms with Gasteiger partial charge in [0.15, 0.2) is 0 Å². The lowest BCUT2D eigenvalue weighted by atomic mass is 10.1. The highest BCUT2D eigenvalue weighted by Crippen LogP contribution is 2.15. The van der Waals surface area contributed by atoms with E-state index >= 15 is 0 Å². The highest BCUT2D eigenvalue weighted by atomic mass is 16.2. The van der Waals surface area contributed by atoms with Crippen LogP contribution in [0.15, 0.2) is 59.7 Å². The van der Waals surface area contributed by atoms with Crippen LogP contribution in [0.1, 0.15) is 36.0 Å². The number of hydrogen-bond acceptors (Lipinski definition) is 4. The van der Waals surface area contributed by atoms with E-state index in [9.17, 15) is 9.59 Å². The van der Waals surface area contributed by atoms with E-state index in [2.05, 4.69) is 11.2 Å². The minimum atomic E-state index is -0.133. The summed E-state index contributed by atoms with van der Waals surface area (Å²) in [6, 6.07) is 19.0. The summed E-state index contributed by atoms with van der Waals surface area (Å²) in [6.45, 7) is 0.997. The first kappa shape index (κ1) is 19.3. The van der Waals surface area contributed by atoms with Crippen LogP contribution in [0, 0.1) is 11.3 Å². The summed E-state index contributed by atoms with van der Waals surface area (Å²) in [4.78, 5) is 26.3. The molecule has 0 fully saturated rings. The molecule has 0 unspecified atom stereocenters. The second kappa shape index (κ2) is 8.96. The summed E-state index contributed by atoms with van der Waals surface area (Å²) in [5.41, 5.74) is 3.46. The predicted molar refractivity (Wildman–Crippen MR) is 106 cm³/mol. The normalized spacial score (nSPS) is 13.0. The van der Waals surface area contributed by atoms with Crippen LogP contribution in [-0.4, -0.2) is 41.0 Å². The predicted octanol–water partition coefficient (Wildman–Crippen LogP) is 2.93. The van der Waals surface area contributed by atoms with Gasteiger partial charge in [0.1, 0.15) is 0 Å². The van der Waals surface area contributed by atoms with Crippen molar-refractivity contribution in [3.63, 3.8) is 0 Å². The van der Waals surface area contributed by atoms with E-state index in [4.69, 9.17) is 5.26 Å². The highest BCUT2D eigenvalue weighted by Gasteiger charge is 2.22. The zero-order valence-corrected chi connectivity index (χ0v) is 15.8. The quantitative estimate of drug-likeness (QED) is 0.780. The zero-order valence-electron chi connectivity index (χ0n) is 15.8. The largest absolute Gasteiger partial charge is 0.341 e. The molecule has 2 aromatic carbocycles. The number of amides is 2. The molecule has 1 aliphatic heterocycles. The monoisotopic (exact) mass is 374 g/mol. The Labute approximate surface area is 164 Å². The van der Waals surface area contributed by atoms with E-state index in [0.717, 1.165) is 23.3 Å². The smallest absolute Gasteiger partial charge is 0.243 e. The Bertz CT molecular complexity index is 914. The van der Waals surface area contributed by atoms with Crippen LogP contribution in [0.25, 0.3) is 0 Å². The van der Waals surface area contributed by atoms with Crippen molar-refractivity contribution in [3.05, 3.63) is 71.3 Å². The molecule has 1 aliphatic rings. The molecular weight excluding hydrogens is 352 g/mol.